The summed E-state index contributed by atoms with van der Waals surface area (Å²) in [6, 6.07) is 18.0. The number of benzene rings is 2. The number of morpholine rings is 1. The molecule has 1 aliphatic carbocycles. The van der Waals surface area contributed by atoms with Crippen LogP contribution in [-0.2, 0) is 43.0 Å². The van der Waals surface area contributed by atoms with E-state index in [0.717, 1.165) is 78.9 Å². The Kier molecular flexibility index (Phi) is 15.0. The summed E-state index contributed by atoms with van der Waals surface area (Å²) in [6.07, 6.45) is 4.11. The van der Waals surface area contributed by atoms with Crippen LogP contribution < -0.4 is 15.1 Å². The molecule has 354 valence electrons. The van der Waals surface area contributed by atoms with Crippen molar-refractivity contribution in [3.05, 3.63) is 77.6 Å². The molecular formula is C51H74N6O7Si. The first-order valence-corrected chi connectivity index (χ1v) is 26.7. The minimum Gasteiger partial charge on any atom is -0.480 e. The molecule has 3 atom stereocenters. The SMILES string of the molecule is CCn1c(-c2cc(N3CCN(C4CC4)CC3)cnc2[C@H](C)OC)c(CC(C)(C)CO[Si](C)(C)C(C)(C)C)c2cc(N3CCO[C@@H](C[C@H](NC(=O)OCc4ccccc4)C(=O)O)C3)ccc21. The number of rotatable bonds is 18. The predicted molar refractivity (Wildman–Crippen MR) is 261 cm³/mol. The van der Waals surface area contributed by atoms with Crippen LogP contribution in [0, 0.1) is 5.41 Å². The third kappa shape index (κ3) is 11.6. The Bertz CT molecular complexity index is 2260. The maximum Gasteiger partial charge on any atom is 0.408 e. The number of alkyl carbamates (subject to hydrolysis) is 1. The van der Waals surface area contributed by atoms with E-state index in [2.05, 4.69) is 110 Å². The zero-order valence-electron chi connectivity index (χ0n) is 40.6. The Morgan fingerprint density at radius 1 is 0.969 bits per heavy atom. The Hall–Kier alpha value is -4.47. The number of nitrogens with one attached hydrogen (secondary N) is 1. The number of carbonyl (C=O) groups excluding carboxylic acids is 1. The maximum atomic E-state index is 12.7. The van der Waals surface area contributed by atoms with Crippen molar-refractivity contribution in [3.8, 4) is 11.3 Å². The zero-order valence-corrected chi connectivity index (χ0v) is 41.6. The average Bonchev–Trinajstić information content (AvgIpc) is 4.10. The van der Waals surface area contributed by atoms with Crippen LogP contribution in [0.15, 0.2) is 60.8 Å². The standard InChI is InChI=1S/C51H74N6O7Si/c1-11-57-45-20-19-38(56-25-26-62-40(32-56)29-44(48(58)59)53-49(60)63-33-36-15-13-12-14-16-36)27-41(45)43(30-51(6,7)34-64-65(9,10)50(3,4)5)47(57)42-28-39(31-52-46(42)35(2)61-8)55-23-21-54(22-24-55)37-17-18-37/h12-16,19-20,27-28,31,35,37,40,44H,11,17-18,21-26,29-30,32-34H2,1-10H3,(H,53,60)(H,58,59)/t35-,40-,44-/m0/s1. The Morgan fingerprint density at radius 2 is 1.69 bits per heavy atom. The largest absolute Gasteiger partial charge is 0.480 e. The van der Waals surface area contributed by atoms with E-state index < -0.39 is 32.5 Å². The number of anilines is 2. The van der Waals surface area contributed by atoms with Crippen molar-refractivity contribution in [1.29, 1.82) is 0 Å². The summed E-state index contributed by atoms with van der Waals surface area (Å²) in [7, 11) is -0.283. The van der Waals surface area contributed by atoms with Crippen LogP contribution in [0.5, 0.6) is 0 Å². The summed E-state index contributed by atoms with van der Waals surface area (Å²) in [5, 5.41) is 14.0. The number of ether oxygens (including phenoxy) is 3. The van der Waals surface area contributed by atoms with Crippen molar-refractivity contribution >= 4 is 42.7 Å². The summed E-state index contributed by atoms with van der Waals surface area (Å²) in [4.78, 5) is 37.8. The molecule has 4 aromatic rings. The molecule has 3 aliphatic rings. The second-order valence-corrected chi connectivity index (χ2v) is 25.5. The molecule has 1 amide bonds. The van der Waals surface area contributed by atoms with Gasteiger partial charge in [-0.1, -0.05) is 65.0 Å². The van der Waals surface area contributed by atoms with Crippen molar-refractivity contribution in [3.63, 3.8) is 0 Å². The molecule has 4 heterocycles. The lowest BCUT2D eigenvalue weighted by Gasteiger charge is -2.39. The van der Waals surface area contributed by atoms with Gasteiger partial charge in [-0.3, -0.25) is 9.88 Å². The van der Waals surface area contributed by atoms with E-state index in [1.54, 1.807) is 7.11 Å². The number of fused-ring (bicyclic) bond motifs is 1. The normalized spacial score (nSPS) is 18.8. The van der Waals surface area contributed by atoms with Crippen molar-refractivity contribution in [2.75, 3.05) is 69.4 Å². The first-order chi connectivity index (χ1) is 30.9. The van der Waals surface area contributed by atoms with Crippen LogP contribution in [0.2, 0.25) is 18.1 Å². The van der Waals surface area contributed by atoms with Crippen LogP contribution in [0.25, 0.3) is 22.2 Å². The van der Waals surface area contributed by atoms with Crippen molar-refractivity contribution in [2.24, 2.45) is 5.41 Å². The van der Waals surface area contributed by atoms with E-state index in [0.29, 0.717) is 26.3 Å². The number of pyridine rings is 1. The Balaban J connectivity index is 1.23. The van der Waals surface area contributed by atoms with Crippen molar-refractivity contribution in [1.82, 2.24) is 19.8 Å². The number of aromatic nitrogens is 2. The number of methoxy groups -OCH3 is 1. The molecule has 14 heteroatoms. The van der Waals surface area contributed by atoms with Gasteiger partial charge in [0.05, 0.1) is 42.1 Å². The minimum atomic E-state index is -2.04. The molecule has 13 nitrogen and oxygen atoms in total. The fourth-order valence-corrected chi connectivity index (χ4v) is 10.3. The molecule has 0 spiro atoms. The first kappa shape index (κ1) is 48.5. The second kappa shape index (κ2) is 20.2. The van der Waals surface area contributed by atoms with Crippen LogP contribution in [0.1, 0.15) is 90.7 Å². The Morgan fingerprint density at radius 3 is 2.34 bits per heavy atom. The number of piperazine rings is 1. The van der Waals surface area contributed by atoms with Gasteiger partial charge in [-0.05, 0) is 92.0 Å². The van der Waals surface area contributed by atoms with Gasteiger partial charge in [0.15, 0.2) is 8.32 Å². The zero-order chi connectivity index (χ0) is 46.7. The molecule has 2 aromatic carbocycles. The highest BCUT2D eigenvalue weighted by atomic mass is 28.4. The number of carboxylic acid groups (broad SMARTS) is 1. The first-order valence-electron chi connectivity index (χ1n) is 23.8. The minimum absolute atomic E-state index is 0.0474. The quantitative estimate of drug-likeness (QED) is 0.0927. The van der Waals surface area contributed by atoms with Gasteiger partial charge in [-0.15, -0.1) is 0 Å². The average molecular weight is 911 g/mol. The molecule has 2 aromatic heterocycles. The number of carbonyl (C=O) groups is 2. The second-order valence-electron chi connectivity index (χ2n) is 20.7. The highest BCUT2D eigenvalue weighted by Crippen LogP contribution is 2.44. The van der Waals surface area contributed by atoms with E-state index in [9.17, 15) is 14.7 Å². The lowest BCUT2D eigenvalue weighted by molar-refractivity contribution is -0.140. The van der Waals surface area contributed by atoms with E-state index in [-0.39, 0.29) is 29.6 Å². The molecule has 0 bridgehead atoms. The van der Waals surface area contributed by atoms with E-state index in [1.807, 2.05) is 36.5 Å². The molecule has 0 radical (unpaired) electrons. The Labute approximate surface area is 387 Å². The number of aryl methyl sites for hydroxylation is 1. The molecule has 3 fully saturated rings. The van der Waals surface area contributed by atoms with Gasteiger partial charge in [0.2, 0.25) is 0 Å². The smallest absolute Gasteiger partial charge is 0.408 e. The van der Waals surface area contributed by atoms with E-state index in [4.69, 9.17) is 23.6 Å². The third-order valence-electron chi connectivity index (χ3n) is 14.2. The molecule has 1 saturated carbocycles. The molecule has 2 aliphatic heterocycles. The van der Waals surface area contributed by atoms with E-state index in [1.165, 1.54) is 29.5 Å². The summed E-state index contributed by atoms with van der Waals surface area (Å²) in [5.41, 5.74) is 8.37. The summed E-state index contributed by atoms with van der Waals surface area (Å²) >= 11 is 0. The maximum absolute atomic E-state index is 12.7. The number of nitrogens with zero attached hydrogens (tertiary/aromatic N) is 5. The highest BCUT2D eigenvalue weighted by Gasteiger charge is 2.39. The highest BCUT2D eigenvalue weighted by molar-refractivity contribution is 6.74. The lowest BCUT2D eigenvalue weighted by atomic mass is 9.84. The molecule has 0 unspecified atom stereocenters. The van der Waals surface area contributed by atoms with Gasteiger partial charge < -0.3 is 43.4 Å². The number of carboxylic acids is 1. The summed E-state index contributed by atoms with van der Waals surface area (Å²) < 4.78 is 27.0. The van der Waals surface area contributed by atoms with Gasteiger partial charge in [-0.25, -0.2) is 9.59 Å². The number of amides is 1. The number of aliphatic carboxylic acids is 1. The molecule has 2 saturated heterocycles. The van der Waals surface area contributed by atoms with Crippen molar-refractivity contribution in [2.45, 2.75) is 130 Å². The molecule has 7 rings (SSSR count). The summed E-state index contributed by atoms with van der Waals surface area (Å²) in [6.45, 7) is 27.5. The molecule has 2 N–H and O–H groups in total. The van der Waals surface area contributed by atoms with Crippen LogP contribution in [-0.4, -0.2) is 118 Å². The van der Waals surface area contributed by atoms with Crippen LogP contribution >= 0.6 is 0 Å². The monoisotopic (exact) mass is 911 g/mol. The lowest BCUT2D eigenvalue weighted by Crippen LogP contribution is -2.49. The number of hydrogen-bond donors (Lipinski definition) is 2. The van der Waals surface area contributed by atoms with Gasteiger partial charge in [0.25, 0.3) is 0 Å². The van der Waals surface area contributed by atoms with E-state index >= 15 is 0 Å². The topological polar surface area (TPSA) is 131 Å². The van der Waals surface area contributed by atoms with Gasteiger partial charge in [0.1, 0.15) is 12.6 Å². The third-order valence-corrected chi connectivity index (χ3v) is 18.7. The van der Waals surface area contributed by atoms with Crippen molar-refractivity contribution < 1.29 is 33.3 Å². The van der Waals surface area contributed by atoms with Gasteiger partial charge in [0, 0.05) is 94.1 Å². The van der Waals surface area contributed by atoms with Crippen LogP contribution in [0.4, 0.5) is 16.2 Å². The van der Waals surface area contributed by atoms with Crippen LogP contribution in [0.3, 0.4) is 0 Å². The molecular weight excluding hydrogens is 837 g/mol. The molecule has 65 heavy (non-hydrogen) atoms. The van der Waals surface area contributed by atoms with Gasteiger partial charge >= 0.3 is 12.1 Å². The van der Waals surface area contributed by atoms with Gasteiger partial charge in [-0.2, -0.15) is 0 Å². The fourth-order valence-electron chi connectivity index (χ4n) is 9.08. The predicted octanol–water partition coefficient (Wildman–Crippen LogP) is 9.28. The summed E-state index contributed by atoms with van der Waals surface area (Å²) in [5.74, 6) is -1.14. The fraction of sp³-hybridized carbons (Fsp3) is 0.588. The number of hydrogen-bond acceptors (Lipinski definition) is 10.